The predicted octanol–water partition coefficient (Wildman–Crippen LogP) is 1.42. The van der Waals surface area contributed by atoms with Gasteiger partial charge in [0.05, 0.1) is 6.61 Å². The van der Waals surface area contributed by atoms with Gasteiger partial charge in [-0.3, -0.25) is 4.79 Å². The molecule has 0 aliphatic carbocycles. The van der Waals surface area contributed by atoms with Gasteiger partial charge in [-0.15, -0.1) is 0 Å². The number of amides is 1. The Morgan fingerprint density at radius 1 is 1.40 bits per heavy atom. The van der Waals surface area contributed by atoms with Gasteiger partial charge < -0.3 is 9.64 Å². The highest BCUT2D eigenvalue weighted by molar-refractivity contribution is 5.91. The van der Waals surface area contributed by atoms with E-state index in [0.717, 1.165) is 11.1 Å². The van der Waals surface area contributed by atoms with E-state index in [2.05, 4.69) is 0 Å². The standard InChI is InChI=1S/C15H16N2O3/c1-3-20-14(19)15(10-16)8-12-6-4-5-7-13(12)9-17(15)11(2)18/h4-7H,3,8-9H2,1-2H3/t15-/m1/s1. The number of benzene rings is 1. The van der Waals surface area contributed by atoms with E-state index in [1.54, 1.807) is 6.92 Å². The molecule has 1 aromatic rings. The van der Waals surface area contributed by atoms with E-state index in [9.17, 15) is 14.9 Å². The normalized spacial score (nSPS) is 20.8. The Labute approximate surface area is 117 Å². The van der Waals surface area contributed by atoms with Crippen LogP contribution in [0, 0.1) is 11.3 Å². The van der Waals surface area contributed by atoms with Gasteiger partial charge in [-0.1, -0.05) is 24.3 Å². The molecular formula is C15H16N2O3. The molecule has 0 bridgehead atoms. The van der Waals surface area contributed by atoms with Gasteiger partial charge in [-0.25, -0.2) is 4.79 Å². The number of nitrogens with zero attached hydrogens (tertiary/aromatic N) is 2. The number of carbonyl (C=O) groups excluding carboxylic acids is 2. The molecule has 1 aliphatic heterocycles. The molecule has 20 heavy (non-hydrogen) atoms. The number of fused-ring (bicyclic) bond motifs is 1. The minimum Gasteiger partial charge on any atom is -0.463 e. The molecule has 0 saturated heterocycles. The van der Waals surface area contributed by atoms with Crippen LogP contribution in [0.3, 0.4) is 0 Å². The molecule has 0 unspecified atom stereocenters. The fourth-order valence-electron chi connectivity index (χ4n) is 2.52. The summed E-state index contributed by atoms with van der Waals surface area (Å²) in [5, 5.41) is 9.54. The van der Waals surface area contributed by atoms with Crippen LogP contribution in [0.15, 0.2) is 24.3 Å². The SMILES string of the molecule is CCOC(=O)[C@]1(C#N)Cc2ccccc2CN1C(C)=O. The van der Waals surface area contributed by atoms with E-state index in [4.69, 9.17) is 4.74 Å². The zero-order valence-corrected chi connectivity index (χ0v) is 11.5. The first-order valence-corrected chi connectivity index (χ1v) is 6.48. The van der Waals surface area contributed by atoms with Gasteiger partial charge in [0.15, 0.2) is 0 Å². The number of esters is 1. The third-order valence-electron chi connectivity index (χ3n) is 3.53. The molecule has 0 aromatic heterocycles. The average molecular weight is 272 g/mol. The van der Waals surface area contributed by atoms with Crippen molar-refractivity contribution < 1.29 is 14.3 Å². The first kappa shape index (κ1) is 14.1. The van der Waals surface area contributed by atoms with Crippen molar-refractivity contribution in [3.8, 4) is 6.07 Å². The summed E-state index contributed by atoms with van der Waals surface area (Å²) in [6.45, 7) is 3.46. The van der Waals surface area contributed by atoms with Crippen molar-refractivity contribution in [2.75, 3.05) is 6.61 Å². The van der Waals surface area contributed by atoms with Crippen molar-refractivity contribution in [2.45, 2.75) is 32.4 Å². The number of carbonyl (C=O) groups is 2. The summed E-state index contributed by atoms with van der Waals surface area (Å²) in [6.07, 6.45) is 0.165. The number of ether oxygens (including phenoxy) is 1. The van der Waals surface area contributed by atoms with E-state index in [0.29, 0.717) is 0 Å². The lowest BCUT2D eigenvalue weighted by atomic mass is 9.83. The van der Waals surface area contributed by atoms with E-state index >= 15 is 0 Å². The molecule has 5 heteroatoms. The van der Waals surface area contributed by atoms with Crippen molar-refractivity contribution >= 4 is 11.9 Å². The van der Waals surface area contributed by atoms with Crippen LogP contribution >= 0.6 is 0 Å². The number of hydrogen-bond donors (Lipinski definition) is 0. The summed E-state index contributed by atoms with van der Waals surface area (Å²) in [6, 6.07) is 9.51. The van der Waals surface area contributed by atoms with E-state index in [1.807, 2.05) is 30.3 Å². The molecule has 0 N–H and O–H groups in total. The van der Waals surface area contributed by atoms with Crippen LogP contribution in [-0.4, -0.2) is 28.9 Å². The maximum Gasteiger partial charge on any atom is 0.347 e. The Morgan fingerprint density at radius 3 is 2.60 bits per heavy atom. The number of hydrogen-bond acceptors (Lipinski definition) is 4. The molecular weight excluding hydrogens is 256 g/mol. The van der Waals surface area contributed by atoms with Crippen LogP contribution in [-0.2, 0) is 27.3 Å². The van der Waals surface area contributed by atoms with Crippen molar-refractivity contribution in [3.05, 3.63) is 35.4 Å². The fraction of sp³-hybridized carbons (Fsp3) is 0.400. The largest absolute Gasteiger partial charge is 0.463 e. The van der Waals surface area contributed by atoms with Gasteiger partial charge in [0, 0.05) is 19.9 Å². The highest BCUT2D eigenvalue weighted by Crippen LogP contribution is 2.32. The second-order valence-electron chi connectivity index (χ2n) is 4.74. The number of nitriles is 1. The van der Waals surface area contributed by atoms with Crippen LogP contribution in [0.4, 0.5) is 0 Å². The Morgan fingerprint density at radius 2 is 2.05 bits per heavy atom. The van der Waals surface area contributed by atoms with Crippen molar-refractivity contribution in [2.24, 2.45) is 0 Å². The molecule has 0 spiro atoms. The molecule has 1 atom stereocenters. The monoisotopic (exact) mass is 272 g/mol. The molecule has 104 valence electrons. The smallest absolute Gasteiger partial charge is 0.347 e. The molecule has 2 rings (SSSR count). The molecule has 0 fully saturated rings. The molecule has 1 aliphatic rings. The molecule has 1 aromatic carbocycles. The highest BCUT2D eigenvalue weighted by atomic mass is 16.5. The molecule has 5 nitrogen and oxygen atoms in total. The summed E-state index contributed by atoms with van der Waals surface area (Å²) in [5.41, 5.74) is 0.299. The first-order valence-electron chi connectivity index (χ1n) is 6.48. The van der Waals surface area contributed by atoms with Gasteiger partial charge in [0.2, 0.25) is 11.4 Å². The minimum absolute atomic E-state index is 0.165. The molecule has 0 saturated carbocycles. The highest BCUT2D eigenvalue weighted by Gasteiger charge is 2.50. The topological polar surface area (TPSA) is 70.4 Å². The van der Waals surface area contributed by atoms with Gasteiger partial charge >= 0.3 is 5.97 Å². The van der Waals surface area contributed by atoms with E-state index < -0.39 is 11.5 Å². The molecule has 1 heterocycles. The predicted molar refractivity (Wildman–Crippen MR) is 71.3 cm³/mol. The van der Waals surface area contributed by atoms with Crippen molar-refractivity contribution in [3.63, 3.8) is 0 Å². The van der Waals surface area contributed by atoms with E-state index in [1.165, 1.54) is 11.8 Å². The van der Waals surface area contributed by atoms with Gasteiger partial charge in [-0.2, -0.15) is 5.26 Å². The van der Waals surface area contributed by atoms with Crippen LogP contribution in [0.2, 0.25) is 0 Å². The van der Waals surface area contributed by atoms with Gasteiger partial charge in [-0.05, 0) is 18.1 Å². The third-order valence-corrected chi connectivity index (χ3v) is 3.53. The lowest BCUT2D eigenvalue weighted by Gasteiger charge is -2.40. The van der Waals surface area contributed by atoms with Gasteiger partial charge in [0.25, 0.3) is 0 Å². The Balaban J connectivity index is 2.51. The molecule has 1 amide bonds. The van der Waals surface area contributed by atoms with Crippen LogP contribution in [0.1, 0.15) is 25.0 Å². The summed E-state index contributed by atoms with van der Waals surface area (Å²) in [4.78, 5) is 25.4. The summed E-state index contributed by atoms with van der Waals surface area (Å²) < 4.78 is 5.02. The second-order valence-corrected chi connectivity index (χ2v) is 4.74. The fourth-order valence-corrected chi connectivity index (χ4v) is 2.52. The van der Waals surface area contributed by atoms with Crippen LogP contribution < -0.4 is 0 Å². The number of rotatable bonds is 2. The Bertz CT molecular complexity index is 591. The minimum atomic E-state index is -1.56. The van der Waals surface area contributed by atoms with Crippen LogP contribution in [0.25, 0.3) is 0 Å². The summed E-state index contributed by atoms with van der Waals surface area (Å²) >= 11 is 0. The maximum absolute atomic E-state index is 12.2. The van der Waals surface area contributed by atoms with Crippen LogP contribution in [0.5, 0.6) is 0 Å². The van der Waals surface area contributed by atoms with Gasteiger partial charge in [0.1, 0.15) is 6.07 Å². The van der Waals surface area contributed by atoms with E-state index in [-0.39, 0.29) is 25.5 Å². The third kappa shape index (κ3) is 2.14. The summed E-state index contributed by atoms with van der Waals surface area (Å²) in [7, 11) is 0. The first-order chi connectivity index (χ1) is 9.55. The average Bonchev–Trinajstić information content (AvgIpc) is 2.45. The zero-order valence-electron chi connectivity index (χ0n) is 11.5. The summed E-state index contributed by atoms with van der Waals surface area (Å²) in [5.74, 6) is -0.971. The zero-order chi connectivity index (χ0) is 14.8. The van der Waals surface area contributed by atoms with Crippen molar-refractivity contribution in [1.29, 1.82) is 5.26 Å². The Kier molecular flexibility index (Phi) is 3.75. The lowest BCUT2D eigenvalue weighted by Crippen LogP contribution is -2.59. The maximum atomic E-state index is 12.2. The van der Waals surface area contributed by atoms with Crippen molar-refractivity contribution in [1.82, 2.24) is 4.90 Å². The molecule has 0 radical (unpaired) electrons. The second kappa shape index (κ2) is 5.33. The Hall–Kier alpha value is -2.35. The quantitative estimate of drug-likeness (QED) is 0.763. The lowest BCUT2D eigenvalue weighted by molar-refractivity contribution is -0.160.